The van der Waals surface area contributed by atoms with Crippen LogP contribution in [0.4, 0.5) is 4.79 Å². The van der Waals surface area contributed by atoms with Crippen LogP contribution in [0, 0.1) is 5.92 Å². The zero-order valence-electron chi connectivity index (χ0n) is 25.0. The summed E-state index contributed by atoms with van der Waals surface area (Å²) in [4.78, 5) is 12.1. The highest BCUT2D eigenvalue weighted by molar-refractivity contribution is 5.60. The molecule has 10 heteroatoms. The Morgan fingerprint density at radius 2 is 1.18 bits per heavy atom. The number of carbonyl (C=O) groups is 1. The van der Waals surface area contributed by atoms with Crippen molar-refractivity contribution >= 4 is 6.16 Å². The van der Waals surface area contributed by atoms with Crippen molar-refractivity contribution in [1.29, 1.82) is 0 Å². The molecule has 0 amide bonds. The Kier molecular flexibility index (Phi) is 21.8. The average molecular weight is 579 g/mol. The molecule has 40 heavy (non-hydrogen) atoms. The van der Waals surface area contributed by atoms with E-state index in [1.165, 1.54) is 97.0 Å². The second-order valence-electron chi connectivity index (χ2n) is 11.2. The van der Waals surface area contributed by atoms with E-state index in [0.717, 1.165) is 12.8 Å². The summed E-state index contributed by atoms with van der Waals surface area (Å²) in [5.74, 6) is -1.18. The molecule has 1 rings (SSSR count). The van der Waals surface area contributed by atoms with Crippen LogP contribution in [-0.2, 0) is 18.9 Å². The third kappa shape index (κ3) is 15.3. The van der Waals surface area contributed by atoms with Crippen LogP contribution in [0.3, 0.4) is 0 Å². The van der Waals surface area contributed by atoms with E-state index in [-0.39, 0.29) is 13.2 Å². The molecule has 1 aliphatic carbocycles. The number of methoxy groups -OCH3 is 1. The molecule has 0 spiro atoms. The van der Waals surface area contributed by atoms with Crippen molar-refractivity contribution in [3.63, 3.8) is 0 Å². The highest BCUT2D eigenvalue weighted by atomic mass is 16.7. The molecule has 5 N–H and O–H groups in total. The molecular formula is C30H58O10. The zero-order valence-corrected chi connectivity index (χ0v) is 25.0. The molecule has 0 radical (unpaired) electrons. The van der Waals surface area contributed by atoms with Gasteiger partial charge in [0.05, 0.1) is 19.3 Å². The Morgan fingerprint density at radius 1 is 0.675 bits per heavy atom. The number of unbranched alkanes of at least 4 members (excludes halogenated alkanes) is 15. The van der Waals surface area contributed by atoms with Gasteiger partial charge in [-0.3, -0.25) is 0 Å². The number of aliphatic hydroxyl groups is 5. The van der Waals surface area contributed by atoms with E-state index in [0.29, 0.717) is 6.61 Å². The number of aliphatic hydroxyl groups excluding tert-OH is 5. The average Bonchev–Trinajstić information content (AvgIpc) is 2.95. The maximum absolute atomic E-state index is 12.1. The number of hydrogen-bond acceptors (Lipinski definition) is 10. The van der Waals surface area contributed by atoms with Crippen LogP contribution in [-0.4, -0.2) is 102 Å². The first kappa shape index (κ1) is 37.0. The Labute approximate surface area is 241 Å². The summed E-state index contributed by atoms with van der Waals surface area (Å²) in [6.45, 7) is 2.25. The lowest BCUT2D eigenvalue weighted by molar-refractivity contribution is -0.214. The smallest absolute Gasteiger partial charge is 0.431 e. The number of rotatable bonds is 24. The molecule has 0 heterocycles. The third-order valence-electron chi connectivity index (χ3n) is 7.86. The first-order valence-corrected chi connectivity index (χ1v) is 15.6. The maximum Gasteiger partial charge on any atom is 0.508 e. The van der Waals surface area contributed by atoms with E-state index in [4.69, 9.17) is 18.9 Å². The molecular weight excluding hydrogens is 520 g/mol. The van der Waals surface area contributed by atoms with Gasteiger partial charge in [-0.05, 0) is 6.42 Å². The van der Waals surface area contributed by atoms with E-state index in [2.05, 4.69) is 6.92 Å². The molecule has 10 nitrogen and oxygen atoms in total. The molecule has 0 unspecified atom stereocenters. The van der Waals surface area contributed by atoms with Gasteiger partial charge in [-0.2, -0.15) is 0 Å². The first-order chi connectivity index (χ1) is 19.4. The third-order valence-corrected chi connectivity index (χ3v) is 7.86. The van der Waals surface area contributed by atoms with Gasteiger partial charge >= 0.3 is 6.16 Å². The van der Waals surface area contributed by atoms with Crippen molar-refractivity contribution in [3.8, 4) is 0 Å². The van der Waals surface area contributed by atoms with E-state index in [1.54, 1.807) is 0 Å². The van der Waals surface area contributed by atoms with Gasteiger partial charge in [-0.1, -0.05) is 103 Å². The summed E-state index contributed by atoms with van der Waals surface area (Å²) < 4.78 is 20.9. The fraction of sp³-hybridized carbons (Fsp3) is 0.967. The maximum atomic E-state index is 12.1. The van der Waals surface area contributed by atoms with Gasteiger partial charge in [0.2, 0.25) is 0 Å². The first-order valence-electron chi connectivity index (χ1n) is 15.6. The lowest BCUT2D eigenvalue weighted by Gasteiger charge is -2.42. The van der Waals surface area contributed by atoms with Crippen molar-refractivity contribution in [2.24, 2.45) is 5.92 Å². The van der Waals surface area contributed by atoms with E-state index < -0.39 is 55.3 Å². The number of ether oxygens (including phenoxy) is 4. The van der Waals surface area contributed by atoms with Crippen LogP contribution in [0.25, 0.3) is 0 Å². The largest absolute Gasteiger partial charge is 0.508 e. The highest BCUT2D eigenvalue weighted by Crippen LogP contribution is 2.28. The van der Waals surface area contributed by atoms with Crippen LogP contribution in [0.15, 0.2) is 0 Å². The quantitative estimate of drug-likeness (QED) is 0.0842. The predicted octanol–water partition coefficient (Wildman–Crippen LogP) is 3.87. The summed E-state index contributed by atoms with van der Waals surface area (Å²) in [5, 5.41) is 49.3. The SMILES string of the molecule is CCCCCCCCCCCCCCCCCCOC[C@H](COC(=O)O[C@@H]1[C@H](O)[C@@H](CO)[C@@H](O)[C@H](O)[C@@H]1O)OC. The van der Waals surface area contributed by atoms with Crippen LogP contribution >= 0.6 is 0 Å². The molecule has 238 valence electrons. The summed E-state index contributed by atoms with van der Waals surface area (Å²) in [6, 6.07) is 0. The van der Waals surface area contributed by atoms with Crippen LogP contribution in [0.2, 0.25) is 0 Å². The Morgan fingerprint density at radius 3 is 1.65 bits per heavy atom. The van der Waals surface area contributed by atoms with Gasteiger partial charge in [0.1, 0.15) is 31.0 Å². The standard InChI is InChI=1S/C30H58O10/c1-3-4-5-6-7-8-9-10-11-12-13-14-15-16-17-18-19-38-21-23(37-2)22-39-30(36)40-29-26(33)24(20-31)25(32)27(34)28(29)35/h23-29,31-35H,3-22H2,1-2H3/t23-,24+,25-,26-,27+,28+,29-/m1/s1. The topological polar surface area (TPSA) is 155 Å². The van der Waals surface area contributed by atoms with E-state index >= 15 is 0 Å². The van der Waals surface area contributed by atoms with E-state index in [9.17, 15) is 30.3 Å². The number of hydrogen-bond donors (Lipinski definition) is 5. The van der Waals surface area contributed by atoms with Gasteiger partial charge in [0.25, 0.3) is 0 Å². The second kappa shape index (κ2) is 23.5. The molecule has 1 saturated carbocycles. The molecule has 7 atom stereocenters. The van der Waals surface area contributed by atoms with E-state index in [1.807, 2.05) is 0 Å². The molecule has 0 aromatic heterocycles. The van der Waals surface area contributed by atoms with Gasteiger partial charge < -0.3 is 44.5 Å². The molecule has 1 fully saturated rings. The van der Waals surface area contributed by atoms with Crippen molar-refractivity contribution < 1.29 is 49.3 Å². The lowest BCUT2D eigenvalue weighted by Crippen LogP contribution is -2.63. The van der Waals surface area contributed by atoms with Gasteiger partial charge in [0.15, 0.2) is 6.10 Å². The summed E-state index contributed by atoms with van der Waals surface area (Å²) in [7, 11) is 1.47. The van der Waals surface area contributed by atoms with Crippen molar-refractivity contribution in [2.45, 2.75) is 146 Å². The van der Waals surface area contributed by atoms with Crippen molar-refractivity contribution in [1.82, 2.24) is 0 Å². The zero-order chi connectivity index (χ0) is 29.6. The highest BCUT2D eigenvalue weighted by Gasteiger charge is 2.50. The fourth-order valence-electron chi connectivity index (χ4n) is 5.11. The molecule has 0 bridgehead atoms. The summed E-state index contributed by atoms with van der Waals surface area (Å²) >= 11 is 0. The minimum Gasteiger partial charge on any atom is -0.431 e. The van der Waals surface area contributed by atoms with Gasteiger partial charge in [-0.15, -0.1) is 0 Å². The summed E-state index contributed by atoms with van der Waals surface area (Å²) in [6.07, 6.45) is 11.1. The molecule has 0 saturated heterocycles. The second-order valence-corrected chi connectivity index (χ2v) is 11.2. The van der Waals surface area contributed by atoms with Crippen LogP contribution in [0.1, 0.15) is 110 Å². The molecule has 0 aromatic carbocycles. The van der Waals surface area contributed by atoms with Gasteiger partial charge in [-0.25, -0.2) is 4.79 Å². The monoisotopic (exact) mass is 578 g/mol. The molecule has 1 aliphatic rings. The fourth-order valence-corrected chi connectivity index (χ4v) is 5.11. The Balaban J connectivity index is 2.01. The molecule has 0 aliphatic heterocycles. The van der Waals surface area contributed by atoms with Crippen LogP contribution < -0.4 is 0 Å². The number of carbonyl (C=O) groups excluding carboxylic acids is 1. The van der Waals surface area contributed by atoms with Crippen molar-refractivity contribution in [2.75, 3.05) is 33.5 Å². The predicted molar refractivity (Wildman–Crippen MR) is 152 cm³/mol. The van der Waals surface area contributed by atoms with Gasteiger partial charge in [0, 0.05) is 19.6 Å². The normalized spacial score (nSPS) is 25.6. The van der Waals surface area contributed by atoms with Crippen molar-refractivity contribution in [3.05, 3.63) is 0 Å². The lowest BCUT2D eigenvalue weighted by atomic mass is 9.79. The minimum absolute atomic E-state index is 0.165. The Hall–Kier alpha value is -1.01. The Bertz CT molecular complexity index is 607. The molecule has 0 aromatic rings. The van der Waals surface area contributed by atoms with Crippen LogP contribution in [0.5, 0.6) is 0 Å². The minimum atomic E-state index is -1.73. The summed E-state index contributed by atoms with van der Waals surface area (Å²) in [5.41, 5.74) is 0.